The Labute approximate surface area is 294 Å². The van der Waals surface area contributed by atoms with Gasteiger partial charge in [-0.05, 0) is 12.8 Å². The fourth-order valence-electron chi connectivity index (χ4n) is 3.07. The van der Waals surface area contributed by atoms with Gasteiger partial charge in [0, 0.05) is 13.8 Å². The molecule has 0 saturated heterocycles. The third-order valence-corrected chi connectivity index (χ3v) is 10.3. The first-order chi connectivity index (χ1) is 23.8. The highest BCUT2D eigenvalue weighted by Crippen LogP contribution is 2.74. The smallest absolute Gasteiger partial charge is 0.493 e. The lowest BCUT2D eigenvalue weighted by molar-refractivity contribution is -0.677. The van der Waals surface area contributed by atoms with Crippen LogP contribution in [0.15, 0.2) is 24.8 Å². The summed E-state index contributed by atoms with van der Waals surface area (Å²) in [5.74, 6) is 2.64. The standard InChI is InChI=1S/2C8H15N2.C6H2F15O10P3/c2*1-4-5-10-7-6-9(3)8(10)2;7-1(8,9)4(16,17)27-33(25,28-5(18,19)2(10,11)12)31-34(26,30-32(22,23)24)29-6(20,21)3(13,14)15/h2*6-7H,4-5H2,1-3H3;(H2,22,23,24)/q2*+1;/p-2. The van der Waals surface area contributed by atoms with E-state index in [1.165, 1.54) is 24.5 Å². The van der Waals surface area contributed by atoms with Crippen LogP contribution in [0.1, 0.15) is 38.3 Å². The fourth-order valence-corrected chi connectivity index (χ4v) is 7.14. The van der Waals surface area contributed by atoms with E-state index >= 15 is 0 Å². The molecule has 0 N–H and O–H groups in total. The highest BCUT2D eigenvalue weighted by atomic mass is 31.3. The number of aryl methyl sites for hydroxylation is 4. The molecule has 0 fully saturated rings. The Morgan fingerprint density at radius 2 is 0.852 bits per heavy atom. The van der Waals surface area contributed by atoms with Crippen LogP contribution in [0.4, 0.5) is 65.9 Å². The van der Waals surface area contributed by atoms with Crippen LogP contribution in [-0.4, -0.2) is 46.0 Å². The summed E-state index contributed by atoms with van der Waals surface area (Å²) in [5.41, 5.74) is 0. The summed E-state index contributed by atoms with van der Waals surface area (Å²) < 4.78 is 238. The summed E-state index contributed by atoms with van der Waals surface area (Å²) in [4.78, 5) is 20.6. The van der Waals surface area contributed by atoms with Gasteiger partial charge in [-0.15, -0.1) is 0 Å². The Bertz CT molecular complexity index is 1580. The number of alkyl halides is 15. The minimum atomic E-state index is -8.55. The van der Waals surface area contributed by atoms with Gasteiger partial charge in [-0.3, -0.25) is 4.31 Å². The van der Waals surface area contributed by atoms with Gasteiger partial charge in [0.2, 0.25) is 0 Å². The lowest BCUT2D eigenvalue weighted by Crippen LogP contribution is -2.42. The van der Waals surface area contributed by atoms with Gasteiger partial charge < -0.3 is 14.4 Å². The van der Waals surface area contributed by atoms with Crippen LogP contribution in [0.2, 0.25) is 0 Å². The largest absolute Gasteiger partial charge is 0.789 e. The number of rotatable bonds is 14. The van der Waals surface area contributed by atoms with Gasteiger partial charge >= 0.3 is 52.5 Å². The van der Waals surface area contributed by atoms with Crippen LogP contribution >= 0.6 is 23.5 Å². The number of hydrogen-bond donors (Lipinski definition) is 0. The van der Waals surface area contributed by atoms with Crippen molar-refractivity contribution in [2.24, 2.45) is 14.1 Å². The second-order valence-electron chi connectivity index (χ2n) is 10.1. The van der Waals surface area contributed by atoms with E-state index in [9.17, 15) is 89.3 Å². The fraction of sp³-hybridized carbons (Fsp3) is 0.727. The van der Waals surface area contributed by atoms with Crippen LogP contribution in [-0.2, 0) is 63.1 Å². The number of aromatic nitrogens is 4. The Kier molecular flexibility index (Phi) is 17.6. The van der Waals surface area contributed by atoms with Crippen molar-refractivity contribution in [3.8, 4) is 0 Å². The summed E-state index contributed by atoms with van der Waals surface area (Å²) in [6.07, 6.45) is -32.8. The molecule has 2 aromatic heterocycles. The molecular weight excluding hydrogens is 858 g/mol. The maximum atomic E-state index is 12.9. The summed E-state index contributed by atoms with van der Waals surface area (Å²) in [6.45, 7) is 10.9. The predicted octanol–water partition coefficient (Wildman–Crippen LogP) is 6.64. The molecule has 54 heavy (non-hydrogen) atoms. The van der Waals surface area contributed by atoms with E-state index in [0.29, 0.717) is 0 Å². The third-order valence-electron chi connectivity index (χ3n) is 5.79. The second-order valence-corrected chi connectivity index (χ2v) is 14.7. The van der Waals surface area contributed by atoms with Crippen LogP contribution in [0.25, 0.3) is 0 Å². The maximum Gasteiger partial charge on any atom is 0.493 e. The number of halogens is 15. The van der Waals surface area contributed by atoms with E-state index in [2.05, 4.69) is 93.5 Å². The van der Waals surface area contributed by atoms with Crippen molar-refractivity contribution in [1.29, 1.82) is 0 Å². The normalized spacial score (nSPS) is 14.9. The van der Waals surface area contributed by atoms with Crippen molar-refractivity contribution in [3.05, 3.63) is 36.4 Å². The van der Waals surface area contributed by atoms with Gasteiger partial charge in [0.1, 0.15) is 24.8 Å². The first kappa shape index (κ1) is 51.8. The second kappa shape index (κ2) is 18.4. The lowest BCUT2D eigenvalue weighted by atomic mass is 10.5. The zero-order valence-electron chi connectivity index (χ0n) is 28.0. The summed E-state index contributed by atoms with van der Waals surface area (Å²) in [7, 11) is -20.1. The number of nitrogens with zero attached hydrogens (tertiary/aromatic N) is 4. The Morgan fingerprint density at radius 3 is 1.06 bits per heavy atom. The molecule has 2 rings (SSSR count). The third kappa shape index (κ3) is 15.7. The molecule has 318 valence electrons. The highest BCUT2D eigenvalue weighted by molar-refractivity contribution is 7.66. The average Bonchev–Trinajstić information content (AvgIpc) is 3.40. The molecule has 14 nitrogen and oxygen atoms in total. The highest BCUT2D eigenvalue weighted by Gasteiger charge is 2.71. The van der Waals surface area contributed by atoms with Gasteiger partial charge in [-0.25, -0.2) is 41.0 Å². The molecule has 0 aliphatic heterocycles. The van der Waals surface area contributed by atoms with Crippen LogP contribution in [0.5, 0.6) is 0 Å². The summed E-state index contributed by atoms with van der Waals surface area (Å²) in [5, 5.41) is 0. The molecule has 2 aromatic rings. The molecule has 0 spiro atoms. The van der Waals surface area contributed by atoms with Crippen molar-refractivity contribution in [3.63, 3.8) is 0 Å². The van der Waals surface area contributed by atoms with E-state index in [-0.39, 0.29) is 0 Å². The molecular formula is C22H30F15N4O10P3. The van der Waals surface area contributed by atoms with Crippen molar-refractivity contribution in [1.82, 2.24) is 9.13 Å². The Balaban J connectivity index is 0.00000112. The quantitative estimate of drug-likeness (QED) is 0.114. The first-order valence-corrected chi connectivity index (χ1v) is 18.3. The van der Waals surface area contributed by atoms with E-state index in [0.717, 1.165) is 13.1 Å². The lowest BCUT2D eigenvalue weighted by Gasteiger charge is -2.35. The molecule has 0 aliphatic carbocycles. The maximum absolute atomic E-state index is 12.9. The van der Waals surface area contributed by atoms with Gasteiger partial charge in [0.05, 0.1) is 35.0 Å². The minimum Gasteiger partial charge on any atom is -0.789 e. The monoisotopic (exact) mass is 888 g/mol. The van der Waals surface area contributed by atoms with E-state index in [1.54, 1.807) is 0 Å². The molecule has 1 unspecified atom stereocenters. The SMILES string of the molecule is CCCn1cc[n+](C)c1C.CCCn1cc[n+](C)c1C.O=P([O-])([O-])OP(=O)(OC(F)(F)C(F)(F)F)OP(=O)(OC(F)(F)C(F)(F)F)OC(F)(F)C(F)(F)F. The van der Waals surface area contributed by atoms with Crippen LogP contribution < -0.4 is 18.9 Å². The zero-order chi connectivity index (χ0) is 43.2. The molecule has 2 heterocycles. The van der Waals surface area contributed by atoms with E-state index < -0.39 is 60.3 Å². The molecule has 0 amide bonds. The van der Waals surface area contributed by atoms with Crippen LogP contribution in [0, 0.1) is 13.8 Å². The summed E-state index contributed by atoms with van der Waals surface area (Å²) >= 11 is 0. The van der Waals surface area contributed by atoms with Crippen LogP contribution in [0.3, 0.4) is 0 Å². The molecule has 0 saturated carbocycles. The van der Waals surface area contributed by atoms with Gasteiger partial charge in [-0.2, -0.15) is 70.2 Å². The van der Waals surface area contributed by atoms with Crippen molar-refractivity contribution < 1.29 is 121 Å². The molecule has 1 atom stereocenters. The summed E-state index contributed by atoms with van der Waals surface area (Å²) in [6, 6.07) is 0. The van der Waals surface area contributed by atoms with Gasteiger partial charge in [-0.1, -0.05) is 13.8 Å². The molecule has 0 radical (unpaired) electrons. The molecule has 32 heteroatoms. The minimum absolute atomic E-state index is 1.13. The average molecular weight is 888 g/mol. The number of phosphoric ester groups is 1. The molecule has 0 bridgehead atoms. The van der Waals surface area contributed by atoms with Crippen molar-refractivity contribution >= 4 is 23.5 Å². The van der Waals surface area contributed by atoms with Crippen molar-refractivity contribution in [2.75, 3.05) is 0 Å². The molecule has 0 aromatic carbocycles. The van der Waals surface area contributed by atoms with E-state index in [4.69, 9.17) is 0 Å². The van der Waals surface area contributed by atoms with E-state index in [1.807, 2.05) is 13.6 Å². The first-order valence-electron chi connectivity index (χ1n) is 13.9. The number of hydrogen-bond acceptors (Lipinski definition) is 10. The Hall–Kier alpha value is -2.22. The van der Waals surface area contributed by atoms with Crippen molar-refractivity contribution in [2.45, 2.75) is 90.5 Å². The Morgan fingerprint density at radius 1 is 0.574 bits per heavy atom. The predicted molar refractivity (Wildman–Crippen MR) is 143 cm³/mol. The van der Waals surface area contributed by atoms with Gasteiger partial charge in [0.25, 0.3) is 11.6 Å². The zero-order valence-corrected chi connectivity index (χ0v) is 30.7. The number of phosphoric acid groups is 3. The number of imidazole rings is 2. The van der Waals surface area contributed by atoms with Gasteiger partial charge in [0.15, 0.2) is 0 Å². The molecule has 0 aliphatic rings. The topological polar surface area (TPSA) is 161 Å².